The van der Waals surface area contributed by atoms with Crippen molar-refractivity contribution in [2.75, 3.05) is 53.6 Å². The average Bonchev–Trinajstić information content (AvgIpc) is 3.57. The van der Waals surface area contributed by atoms with Crippen LogP contribution < -0.4 is 15.0 Å². The van der Waals surface area contributed by atoms with E-state index in [1.165, 1.54) is 0 Å². The normalized spacial score (nSPS) is 20.4. The first-order chi connectivity index (χ1) is 17.1. The third kappa shape index (κ3) is 4.75. The number of ether oxygens (including phenoxy) is 3. The molecule has 0 spiro atoms. The van der Waals surface area contributed by atoms with Crippen molar-refractivity contribution in [3.8, 4) is 11.5 Å². The first-order valence-corrected chi connectivity index (χ1v) is 12.2. The van der Waals surface area contributed by atoms with Crippen molar-refractivity contribution in [3.05, 3.63) is 39.9 Å². The van der Waals surface area contributed by atoms with Gasteiger partial charge < -0.3 is 24.1 Å². The second-order valence-electron chi connectivity index (χ2n) is 9.08. The Balaban J connectivity index is 1.59. The summed E-state index contributed by atoms with van der Waals surface area (Å²) < 4.78 is 18.6. The van der Waals surface area contributed by atoms with Crippen LogP contribution in [0.25, 0.3) is 10.9 Å². The second kappa shape index (κ2) is 10.3. The zero-order valence-corrected chi connectivity index (χ0v) is 20.6. The number of methoxy groups -OCH3 is 2. The number of benzene rings is 1. The minimum atomic E-state index is -0.383. The van der Waals surface area contributed by atoms with Gasteiger partial charge in [0.25, 0.3) is 5.56 Å². The number of aromatic amines is 1. The van der Waals surface area contributed by atoms with Crippen molar-refractivity contribution >= 4 is 10.9 Å². The number of pyridine rings is 1. The van der Waals surface area contributed by atoms with E-state index in [9.17, 15) is 4.79 Å². The van der Waals surface area contributed by atoms with Crippen molar-refractivity contribution in [3.63, 3.8) is 0 Å². The minimum Gasteiger partial charge on any atom is -0.493 e. The molecule has 11 heteroatoms. The number of hydrogen-bond donors (Lipinski definition) is 1. The molecule has 0 amide bonds. The van der Waals surface area contributed by atoms with Gasteiger partial charge in [0.05, 0.1) is 32.4 Å². The van der Waals surface area contributed by atoms with Crippen LogP contribution in [0.4, 0.5) is 0 Å². The molecule has 1 aromatic carbocycles. The molecule has 0 saturated carbocycles. The number of aromatic nitrogens is 5. The highest BCUT2D eigenvalue weighted by Gasteiger charge is 2.33. The number of piperazine rings is 1. The summed E-state index contributed by atoms with van der Waals surface area (Å²) in [5, 5.41) is 13.6. The predicted molar refractivity (Wildman–Crippen MR) is 130 cm³/mol. The van der Waals surface area contributed by atoms with E-state index in [2.05, 4.69) is 37.2 Å². The van der Waals surface area contributed by atoms with Gasteiger partial charge >= 0.3 is 0 Å². The fourth-order valence-corrected chi connectivity index (χ4v) is 5.11. The lowest BCUT2D eigenvalue weighted by molar-refractivity contribution is 0.0860. The molecule has 2 aliphatic heterocycles. The highest BCUT2D eigenvalue weighted by atomic mass is 16.5. The molecule has 4 heterocycles. The Labute approximate surface area is 203 Å². The van der Waals surface area contributed by atoms with Gasteiger partial charge in [0.15, 0.2) is 17.3 Å². The van der Waals surface area contributed by atoms with E-state index in [4.69, 9.17) is 14.2 Å². The van der Waals surface area contributed by atoms with Gasteiger partial charge in [0.2, 0.25) is 0 Å². The van der Waals surface area contributed by atoms with E-state index in [1.54, 1.807) is 20.3 Å². The lowest BCUT2D eigenvalue weighted by Gasteiger charge is -2.38. The molecule has 0 unspecified atom stereocenters. The maximum Gasteiger partial charge on any atom is 0.253 e. The summed E-state index contributed by atoms with van der Waals surface area (Å²) in [6.07, 6.45) is 2.11. The van der Waals surface area contributed by atoms with Crippen LogP contribution in [-0.4, -0.2) is 94.6 Å². The first-order valence-electron chi connectivity index (χ1n) is 12.2. The molecular weight excluding hydrogens is 450 g/mol. The standard InChI is InChI=1S/C24H33N7O4/c1-4-29-7-9-30(10-8-29)22(23-26-27-28-31(23)15-17-6-5-11-35-17)18-12-16-13-20(33-2)21(34-3)14-19(16)25-24(18)32/h12-14,17,22H,4-11,15H2,1-3H3,(H,25,32)/t17-,22+/m1/s1. The maximum atomic E-state index is 13.5. The smallest absolute Gasteiger partial charge is 0.253 e. The summed E-state index contributed by atoms with van der Waals surface area (Å²) in [6.45, 7) is 8.00. The number of H-pyrrole nitrogens is 1. The van der Waals surface area contributed by atoms with Crippen molar-refractivity contribution in [2.24, 2.45) is 0 Å². The second-order valence-corrected chi connectivity index (χ2v) is 9.08. The van der Waals surface area contributed by atoms with Gasteiger partial charge in [-0.2, -0.15) is 0 Å². The van der Waals surface area contributed by atoms with Crippen molar-refractivity contribution < 1.29 is 14.2 Å². The molecule has 2 fully saturated rings. The van der Waals surface area contributed by atoms with Crippen molar-refractivity contribution in [1.82, 2.24) is 35.0 Å². The van der Waals surface area contributed by atoms with Gasteiger partial charge in [0.1, 0.15) is 6.04 Å². The Morgan fingerprint density at radius 3 is 2.60 bits per heavy atom. The summed E-state index contributed by atoms with van der Waals surface area (Å²) >= 11 is 0. The van der Waals surface area contributed by atoms with Gasteiger partial charge in [0, 0.05) is 49.8 Å². The summed E-state index contributed by atoms with van der Waals surface area (Å²) in [6, 6.07) is 5.22. The van der Waals surface area contributed by atoms with E-state index < -0.39 is 0 Å². The number of fused-ring (bicyclic) bond motifs is 1. The SMILES string of the molecule is CCN1CCN([C@@H](c2cc3cc(OC)c(OC)cc3[nH]c2=O)c2nnnn2C[C@H]2CCCO2)CC1. The Kier molecular flexibility index (Phi) is 6.98. The van der Waals surface area contributed by atoms with Gasteiger partial charge in [-0.1, -0.05) is 6.92 Å². The summed E-state index contributed by atoms with van der Waals surface area (Å²) in [7, 11) is 3.18. The van der Waals surface area contributed by atoms with Gasteiger partial charge in [-0.05, 0) is 41.9 Å². The monoisotopic (exact) mass is 483 g/mol. The maximum absolute atomic E-state index is 13.5. The Hall–Kier alpha value is -3.02. The van der Waals surface area contributed by atoms with Crippen LogP contribution in [0.2, 0.25) is 0 Å². The van der Waals surface area contributed by atoms with E-state index in [0.29, 0.717) is 34.9 Å². The van der Waals surface area contributed by atoms with Gasteiger partial charge in [-0.3, -0.25) is 9.69 Å². The number of nitrogens with zero attached hydrogens (tertiary/aromatic N) is 6. The number of hydrogen-bond acceptors (Lipinski definition) is 9. The van der Waals surface area contributed by atoms with E-state index >= 15 is 0 Å². The number of tetrazole rings is 1. The topological polar surface area (TPSA) is 111 Å². The van der Waals surface area contributed by atoms with Crippen LogP contribution in [0, 0.1) is 0 Å². The number of likely N-dealkylation sites (N-methyl/N-ethyl adjacent to an activating group) is 1. The third-order valence-corrected chi connectivity index (χ3v) is 7.10. The highest BCUT2D eigenvalue weighted by molar-refractivity contribution is 5.83. The van der Waals surface area contributed by atoms with E-state index in [1.807, 2.05) is 16.8 Å². The lowest BCUT2D eigenvalue weighted by Crippen LogP contribution is -2.49. The van der Waals surface area contributed by atoms with Gasteiger partial charge in [-0.25, -0.2) is 4.68 Å². The van der Waals surface area contributed by atoms with Crippen LogP contribution >= 0.6 is 0 Å². The van der Waals surface area contributed by atoms with Crippen molar-refractivity contribution in [1.29, 1.82) is 0 Å². The van der Waals surface area contributed by atoms with Crippen LogP contribution in [0.1, 0.15) is 37.2 Å². The molecule has 5 rings (SSSR count). The van der Waals surface area contributed by atoms with Gasteiger partial charge in [-0.15, -0.1) is 5.10 Å². The fraction of sp³-hybridized carbons (Fsp3) is 0.583. The summed E-state index contributed by atoms with van der Waals surface area (Å²) in [5.74, 6) is 1.83. The molecule has 188 valence electrons. The zero-order chi connectivity index (χ0) is 24.4. The summed E-state index contributed by atoms with van der Waals surface area (Å²) in [4.78, 5) is 21.2. The average molecular weight is 484 g/mol. The fourth-order valence-electron chi connectivity index (χ4n) is 5.11. The number of nitrogens with one attached hydrogen (secondary N) is 1. The highest BCUT2D eigenvalue weighted by Crippen LogP contribution is 2.33. The van der Waals surface area contributed by atoms with Crippen LogP contribution in [0.5, 0.6) is 11.5 Å². The molecule has 2 aliphatic rings. The molecule has 2 aromatic heterocycles. The molecule has 0 bridgehead atoms. The Bertz CT molecular complexity index is 1210. The largest absolute Gasteiger partial charge is 0.493 e. The molecule has 11 nitrogen and oxygen atoms in total. The number of rotatable bonds is 8. The first kappa shape index (κ1) is 23.7. The molecule has 1 N–H and O–H groups in total. The Morgan fingerprint density at radius 1 is 1.14 bits per heavy atom. The van der Waals surface area contributed by atoms with E-state index in [0.717, 1.165) is 57.6 Å². The van der Waals surface area contributed by atoms with Crippen LogP contribution in [-0.2, 0) is 11.3 Å². The molecule has 0 radical (unpaired) electrons. The lowest BCUT2D eigenvalue weighted by atomic mass is 10.0. The summed E-state index contributed by atoms with van der Waals surface area (Å²) in [5.41, 5.74) is 1.13. The van der Waals surface area contributed by atoms with Crippen LogP contribution in [0.3, 0.4) is 0 Å². The molecule has 2 saturated heterocycles. The Morgan fingerprint density at radius 2 is 1.91 bits per heavy atom. The third-order valence-electron chi connectivity index (χ3n) is 7.10. The quantitative estimate of drug-likeness (QED) is 0.509. The molecule has 0 aliphatic carbocycles. The van der Waals surface area contributed by atoms with E-state index in [-0.39, 0.29) is 17.7 Å². The molecular formula is C24H33N7O4. The molecule has 35 heavy (non-hydrogen) atoms. The molecule has 3 aromatic rings. The molecule has 2 atom stereocenters. The zero-order valence-electron chi connectivity index (χ0n) is 20.6. The van der Waals surface area contributed by atoms with Crippen molar-refractivity contribution in [2.45, 2.75) is 38.5 Å². The van der Waals surface area contributed by atoms with Crippen LogP contribution in [0.15, 0.2) is 23.0 Å². The predicted octanol–water partition coefficient (Wildman–Crippen LogP) is 1.44. The minimum absolute atomic E-state index is 0.0847.